The van der Waals surface area contributed by atoms with Gasteiger partial charge in [0.25, 0.3) is 0 Å². The SMILES string of the molecule is C1CN2CCOCC2C[N-]1.CC.CN1CC2CCNC2C1.[K+]. The van der Waals surface area contributed by atoms with Crippen molar-refractivity contribution in [1.29, 1.82) is 0 Å². The average molecular weight is 337 g/mol. The van der Waals surface area contributed by atoms with Crippen molar-refractivity contribution >= 4 is 0 Å². The predicted molar refractivity (Wildman–Crippen MR) is 88.0 cm³/mol. The molecule has 124 valence electrons. The second-order valence-corrected chi connectivity index (χ2v) is 6.23. The number of ether oxygens (including phenoxy) is 1. The molecule has 4 rings (SSSR count). The van der Waals surface area contributed by atoms with Crippen LogP contribution in [0.25, 0.3) is 5.32 Å². The maximum Gasteiger partial charge on any atom is 1.00 e. The van der Waals surface area contributed by atoms with Crippen molar-refractivity contribution in [3.8, 4) is 0 Å². The monoisotopic (exact) mass is 336 g/mol. The Morgan fingerprint density at radius 3 is 2.73 bits per heavy atom. The molecule has 1 N–H and O–H groups in total. The van der Waals surface area contributed by atoms with E-state index in [1.165, 1.54) is 26.1 Å². The van der Waals surface area contributed by atoms with E-state index in [4.69, 9.17) is 4.74 Å². The quantitative estimate of drug-likeness (QED) is 0.521. The summed E-state index contributed by atoms with van der Waals surface area (Å²) in [4.78, 5) is 4.90. The number of likely N-dealkylation sites (tertiary alicyclic amines) is 1. The molecule has 0 saturated carbocycles. The third-order valence-electron chi connectivity index (χ3n) is 4.78. The van der Waals surface area contributed by atoms with Gasteiger partial charge in [-0.25, -0.2) is 0 Å². The zero-order valence-corrected chi connectivity index (χ0v) is 18.2. The fourth-order valence-corrected chi connectivity index (χ4v) is 3.66. The maximum atomic E-state index is 5.34. The second-order valence-electron chi connectivity index (χ2n) is 6.23. The number of hydrogen-bond donors (Lipinski definition) is 1. The summed E-state index contributed by atoms with van der Waals surface area (Å²) >= 11 is 0. The molecule has 0 aromatic rings. The number of morpholine rings is 1. The third kappa shape index (κ3) is 6.39. The Morgan fingerprint density at radius 2 is 2.00 bits per heavy atom. The van der Waals surface area contributed by atoms with E-state index in [1.807, 2.05) is 13.8 Å². The van der Waals surface area contributed by atoms with Gasteiger partial charge >= 0.3 is 51.4 Å². The molecule has 0 spiro atoms. The number of rotatable bonds is 0. The van der Waals surface area contributed by atoms with Crippen LogP contribution in [0.15, 0.2) is 0 Å². The third-order valence-corrected chi connectivity index (χ3v) is 4.78. The van der Waals surface area contributed by atoms with Crippen LogP contribution in [0.5, 0.6) is 0 Å². The molecule has 0 aliphatic carbocycles. The summed E-state index contributed by atoms with van der Waals surface area (Å²) in [5.74, 6) is 0.968. The molecule has 6 heteroatoms. The van der Waals surface area contributed by atoms with Gasteiger partial charge in [0.15, 0.2) is 0 Å². The zero-order valence-electron chi connectivity index (χ0n) is 15.1. The Labute approximate surface area is 179 Å². The van der Waals surface area contributed by atoms with Gasteiger partial charge < -0.3 is 20.3 Å². The molecule has 22 heavy (non-hydrogen) atoms. The van der Waals surface area contributed by atoms with Crippen LogP contribution in [0, 0.1) is 5.92 Å². The first kappa shape index (κ1) is 21.5. The van der Waals surface area contributed by atoms with E-state index < -0.39 is 0 Å². The van der Waals surface area contributed by atoms with Gasteiger partial charge in [-0.3, -0.25) is 4.90 Å². The van der Waals surface area contributed by atoms with Gasteiger partial charge in [-0.2, -0.15) is 0 Å². The van der Waals surface area contributed by atoms with Gasteiger partial charge in [0, 0.05) is 31.7 Å². The first-order chi connectivity index (χ1) is 10.3. The van der Waals surface area contributed by atoms with E-state index in [1.54, 1.807) is 0 Å². The minimum Gasteiger partial charge on any atom is -0.660 e. The van der Waals surface area contributed by atoms with Crippen molar-refractivity contribution in [3.63, 3.8) is 0 Å². The number of fused-ring (bicyclic) bond motifs is 2. The van der Waals surface area contributed by atoms with Crippen molar-refractivity contribution in [3.05, 3.63) is 5.32 Å². The number of likely N-dealkylation sites (N-methyl/N-ethyl adjacent to an activating group) is 1. The van der Waals surface area contributed by atoms with Gasteiger partial charge in [-0.05, 0) is 32.5 Å². The van der Waals surface area contributed by atoms with E-state index in [-0.39, 0.29) is 51.4 Å². The molecule has 4 heterocycles. The largest absolute Gasteiger partial charge is 1.00 e. The minimum atomic E-state index is 0. The van der Waals surface area contributed by atoms with E-state index in [9.17, 15) is 0 Å². The van der Waals surface area contributed by atoms with Crippen LogP contribution in [-0.4, -0.2) is 88.0 Å². The minimum absolute atomic E-state index is 0. The molecule has 0 aromatic heterocycles. The van der Waals surface area contributed by atoms with Crippen molar-refractivity contribution < 1.29 is 56.1 Å². The first-order valence-electron chi connectivity index (χ1n) is 8.70. The number of nitrogens with one attached hydrogen (secondary N) is 1. The Balaban J connectivity index is 0.000000191. The van der Waals surface area contributed by atoms with Crippen molar-refractivity contribution in [2.75, 3.05) is 66.1 Å². The van der Waals surface area contributed by atoms with E-state index in [0.29, 0.717) is 6.04 Å². The molecule has 3 unspecified atom stereocenters. The maximum absolute atomic E-state index is 5.34. The molecule has 0 aromatic carbocycles. The van der Waals surface area contributed by atoms with E-state index >= 15 is 0 Å². The standard InChI is InChI=1S/C7H13N2O.C7H14N2.C2H6.K/c1-2-9-3-4-10-6-7(9)5-8-1;1-9-4-6-2-3-8-7(6)5-9;1-2;/h7H,1-6H2;6-8H,2-5H2,1H3;1-2H3;/q-1;;;+1. The van der Waals surface area contributed by atoms with Crippen molar-refractivity contribution in [1.82, 2.24) is 15.1 Å². The Kier molecular flexibility index (Phi) is 11.6. The Bertz CT molecular complexity index is 257. The molecule has 0 amide bonds. The fraction of sp³-hybridized carbons (Fsp3) is 1.00. The normalized spacial score (nSPS) is 34.2. The predicted octanol–water partition coefficient (Wildman–Crippen LogP) is -1.99. The van der Waals surface area contributed by atoms with Gasteiger partial charge in [-0.1, -0.05) is 13.8 Å². The summed E-state index contributed by atoms with van der Waals surface area (Å²) in [5, 5.41) is 7.85. The molecule has 4 saturated heterocycles. The van der Waals surface area contributed by atoms with Crippen LogP contribution < -0.4 is 56.7 Å². The molecule has 0 radical (unpaired) electrons. The van der Waals surface area contributed by atoms with Crippen LogP contribution in [0.2, 0.25) is 0 Å². The van der Waals surface area contributed by atoms with Crippen LogP contribution in [0.3, 0.4) is 0 Å². The molecule has 0 bridgehead atoms. The van der Waals surface area contributed by atoms with Gasteiger partial charge in [-0.15, -0.1) is 13.1 Å². The summed E-state index contributed by atoms with van der Waals surface area (Å²) < 4.78 is 5.34. The van der Waals surface area contributed by atoms with E-state index in [2.05, 4.69) is 27.5 Å². The molecule has 5 nitrogen and oxygen atoms in total. The number of hydrogen-bond acceptors (Lipinski definition) is 4. The summed E-state index contributed by atoms with van der Waals surface area (Å²) in [6.07, 6.45) is 1.40. The molecule has 4 aliphatic heterocycles. The van der Waals surface area contributed by atoms with Gasteiger partial charge in [0.05, 0.1) is 13.2 Å². The van der Waals surface area contributed by atoms with Crippen LogP contribution in [0.1, 0.15) is 20.3 Å². The smallest absolute Gasteiger partial charge is 0.660 e. The van der Waals surface area contributed by atoms with Crippen LogP contribution >= 0.6 is 0 Å². The summed E-state index contributed by atoms with van der Waals surface area (Å²) in [7, 11) is 2.21. The Morgan fingerprint density at radius 1 is 1.18 bits per heavy atom. The molecule has 4 aliphatic rings. The van der Waals surface area contributed by atoms with Crippen LogP contribution in [-0.2, 0) is 4.74 Å². The summed E-state index contributed by atoms with van der Waals surface area (Å²) in [6.45, 7) is 13.9. The summed E-state index contributed by atoms with van der Waals surface area (Å²) in [5.41, 5.74) is 0. The average Bonchev–Trinajstić information content (AvgIpc) is 3.10. The number of piperazine rings is 1. The topological polar surface area (TPSA) is 41.8 Å². The molecule has 3 atom stereocenters. The van der Waals surface area contributed by atoms with Crippen molar-refractivity contribution in [2.24, 2.45) is 5.92 Å². The number of nitrogens with zero attached hydrogens (tertiary/aromatic N) is 3. The van der Waals surface area contributed by atoms with E-state index in [0.717, 1.165) is 51.4 Å². The zero-order chi connectivity index (χ0) is 15.1. The fourth-order valence-electron chi connectivity index (χ4n) is 3.66. The molecule has 4 fully saturated rings. The van der Waals surface area contributed by atoms with Crippen molar-refractivity contribution in [2.45, 2.75) is 32.4 Å². The molecular weight excluding hydrogens is 303 g/mol. The molecular formula is C16H33KN4O. The van der Waals surface area contributed by atoms with Gasteiger partial charge in [0.2, 0.25) is 0 Å². The van der Waals surface area contributed by atoms with Crippen LogP contribution in [0.4, 0.5) is 0 Å². The first-order valence-corrected chi connectivity index (χ1v) is 8.70. The summed E-state index contributed by atoms with van der Waals surface area (Å²) in [6, 6.07) is 1.43. The second kappa shape index (κ2) is 11.9. The van der Waals surface area contributed by atoms with Gasteiger partial charge in [0.1, 0.15) is 0 Å². The Hall–Kier alpha value is 1.44.